The molecule has 1 aliphatic carbocycles. The molecule has 0 bridgehead atoms. The molecule has 1 saturated carbocycles. The monoisotopic (exact) mass is 229 g/mol. The summed E-state index contributed by atoms with van der Waals surface area (Å²) in [7, 11) is 0. The Bertz CT molecular complexity index is 336. The first-order valence-corrected chi connectivity index (χ1v) is 5.20. The Balaban J connectivity index is 0.00000112. The summed E-state index contributed by atoms with van der Waals surface area (Å²) in [6, 6.07) is 5.07. The van der Waals surface area contributed by atoms with E-state index in [4.69, 9.17) is 5.73 Å². The Morgan fingerprint density at radius 2 is 2.07 bits per heavy atom. The van der Waals surface area contributed by atoms with Gasteiger partial charge in [0.15, 0.2) is 0 Å². The van der Waals surface area contributed by atoms with Gasteiger partial charge < -0.3 is 5.73 Å². The fourth-order valence-corrected chi connectivity index (χ4v) is 1.97. The minimum Gasteiger partial charge on any atom is -0.324 e. The number of hydrogen-bond donors (Lipinski definition) is 1. The van der Waals surface area contributed by atoms with Crippen molar-refractivity contribution in [2.24, 2.45) is 11.7 Å². The molecule has 1 aromatic carbocycles. The van der Waals surface area contributed by atoms with Gasteiger partial charge in [0.1, 0.15) is 5.82 Å². The van der Waals surface area contributed by atoms with Gasteiger partial charge in [0.25, 0.3) is 0 Å². The van der Waals surface area contributed by atoms with Crippen LogP contribution in [0.1, 0.15) is 36.4 Å². The maximum absolute atomic E-state index is 13.5. The maximum atomic E-state index is 13.5. The molecule has 3 heteroatoms. The third-order valence-corrected chi connectivity index (χ3v) is 3.17. The van der Waals surface area contributed by atoms with Gasteiger partial charge in [0.05, 0.1) is 0 Å². The zero-order valence-corrected chi connectivity index (χ0v) is 9.69. The average molecular weight is 230 g/mol. The van der Waals surface area contributed by atoms with Crippen LogP contribution in [0, 0.1) is 18.7 Å². The molecule has 1 atom stereocenters. The van der Waals surface area contributed by atoms with Crippen LogP contribution in [0.2, 0.25) is 0 Å². The Labute approximate surface area is 96.3 Å². The molecule has 2 N–H and O–H groups in total. The summed E-state index contributed by atoms with van der Waals surface area (Å²) in [6.45, 7) is 1.97. The molecule has 0 saturated heterocycles. The van der Waals surface area contributed by atoms with E-state index in [0.29, 0.717) is 11.5 Å². The molecule has 0 amide bonds. The minimum absolute atomic E-state index is 0. The highest BCUT2D eigenvalue weighted by Crippen LogP contribution is 2.37. The van der Waals surface area contributed by atoms with Crippen molar-refractivity contribution in [3.8, 4) is 0 Å². The Morgan fingerprint density at radius 3 is 2.60 bits per heavy atom. The lowest BCUT2D eigenvalue weighted by Crippen LogP contribution is -2.27. The number of nitrogens with two attached hydrogens (primary N) is 1. The van der Waals surface area contributed by atoms with Crippen molar-refractivity contribution in [3.05, 3.63) is 35.1 Å². The van der Waals surface area contributed by atoms with E-state index in [1.54, 1.807) is 6.07 Å². The fraction of sp³-hybridized carbons (Fsp3) is 0.500. The van der Waals surface area contributed by atoms with Crippen molar-refractivity contribution in [2.45, 2.75) is 32.2 Å². The summed E-state index contributed by atoms with van der Waals surface area (Å²) < 4.78 is 13.5. The van der Waals surface area contributed by atoms with Crippen molar-refractivity contribution in [3.63, 3.8) is 0 Å². The van der Waals surface area contributed by atoms with Crippen molar-refractivity contribution in [1.29, 1.82) is 0 Å². The average Bonchev–Trinajstić information content (AvgIpc) is 2.06. The number of aryl methyl sites for hydroxylation is 1. The summed E-state index contributed by atoms with van der Waals surface area (Å²) in [4.78, 5) is 0. The van der Waals surface area contributed by atoms with E-state index in [1.807, 2.05) is 13.0 Å². The molecule has 1 nitrogen and oxygen atoms in total. The van der Waals surface area contributed by atoms with Gasteiger partial charge in [-0.3, -0.25) is 0 Å². The molecule has 0 aliphatic heterocycles. The molecular formula is C12H17ClFN. The molecule has 0 unspecified atom stereocenters. The first-order chi connectivity index (χ1) is 6.68. The predicted molar refractivity (Wildman–Crippen MR) is 62.7 cm³/mol. The quantitative estimate of drug-likeness (QED) is 0.827. The third-order valence-electron chi connectivity index (χ3n) is 3.17. The zero-order chi connectivity index (χ0) is 10.1. The van der Waals surface area contributed by atoms with Gasteiger partial charge in [-0.2, -0.15) is 0 Å². The predicted octanol–water partition coefficient (Wildman–Crippen LogP) is 3.36. The highest BCUT2D eigenvalue weighted by atomic mass is 35.5. The summed E-state index contributed by atoms with van der Waals surface area (Å²) in [5.74, 6) is 0.335. The van der Waals surface area contributed by atoms with E-state index in [0.717, 1.165) is 18.4 Å². The fourth-order valence-electron chi connectivity index (χ4n) is 1.97. The van der Waals surface area contributed by atoms with Crippen LogP contribution in [0.4, 0.5) is 4.39 Å². The molecule has 0 radical (unpaired) electrons. The van der Waals surface area contributed by atoms with Crippen LogP contribution in [-0.2, 0) is 0 Å². The van der Waals surface area contributed by atoms with Gasteiger partial charge in [-0.25, -0.2) is 4.39 Å². The van der Waals surface area contributed by atoms with E-state index >= 15 is 0 Å². The largest absolute Gasteiger partial charge is 0.324 e. The summed E-state index contributed by atoms with van der Waals surface area (Å²) in [6.07, 6.45) is 3.54. The summed E-state index contributed by atoms with van der Waals surface area (Å²) in [5.41, 5.74) is 7.80. The standard InChI is InChI=1S/C12H16FN.ClH/c1-8-5-6-11(13)10(7-8)12(14)9-3-2-4-9;/h5-7,9,12H,2-4,14H2,1H3;1H/t12-;/m1./s1. The third kappa shape index (κ3) is 2.50. The van der Waals surface area contributed by atoms with Crippen LogP contribution in [-0.4, -0.2) is 0 Å². The molecule has 2 rings (SSSR count). The normalized spacial score (nSPS) is 17.8. The Kier molecular flexibility index (Phi) is 4.12. The first kappa shape index (κ1) is 12.5. The minimum atomic E-state index is -0.157. The van der Waals surface area contributed by atoms with Gasteiger partial charge in [-0.1, -0.05) is 24.1 Å². The molecule has 15 heavy (non-hydrogen) atoms. The lowest BCUT2D eigenvalue weighted by atomic mass is 9.77. The van der Waals surface area contributed by atoms with E-state index in [2.05, 4.69) is 0 Å². The summed E-state index contributed by atoms with van der Waals surface area (Å²) in [5, 5.41) is 0. The van der Waals surface area contributed by atoms with Crippen molar-refractivity contribution in [2.75, 3.05) is 0 Å². The van der Waals surface area contributed by atoms with Gasteiger partial charge >= 0.3 is 0 Å². The molecule has 0 spiro atoms. The van der Waals surface area contributed by atoms with E-state index in [1.165, 1.54) is 12.5 Å². The molecular weight excluding hydrogens is 213 g/mol. The topological polar surface area (TPSA) is 26.0 Å². The van der Waals surface area contributed by atoms with Crippen molar-refractivity contribution in [1.82, 2.24) is 0 Å². The molecule has 84 valence electrons. The Hall–Kier alpha value is -0.600. The van der Waals surface area contributed by atoms with Crippen molar-refractivity contribution >= 4 is 12.4 Å². The SMILES string of the molecule is Cc1ccc(F)c([C@H](N)C2CCC2)c1.Cl. The number of hydrogen-bond acceptors (Lipinski definition) is 1. The van der Waals surface area contributed by atoms with Crippen LogP contribution >= 0.6 is 12.4 Å². The van der Waals surface area contributed by atoms with Crippen LogP contribution in [0.3, 0.4) is 0 Å². The number of benzene rings is 1. The van der Waals surface area contributed by atoms with Crippen LogP contribution in [0.15, 0.2) is 18.2 Å². The highest BCUT2D eigenvalue weighted by molar-refractivity contribution is 5.85. The zero-order valence-electron chi connectivity index (χ0n) is 8.87. The molecule has 1 aromatic rings. The van der Waals surface area contributed by atoms with Crippen LogP contribution in [0.25, 0.3) is 0 Å². The van der Waals surface area contributed by atoms with Gasteiger partial charge in [0, 0.05) is 11.6 Å². The van der Waals surface area contributed by atoms with Crippen LogP contribution < -0.4 is 5.73 Å². The number of halogens is 2. The van der Waals surface area contributed by atoms with E-state index in [9.17, 15) is 4.39 Å². The molecule has 0 aromatic heterocycles. The Morgan fingerprint density at radius 1 is 1.40 bits per heavy atom. The lowest BCUT2D eigenvalue weighted by Gasteiger charge is -2.31. The first-order valence-electron chi connectivity index (χ1n) is 5.20. The van der Waals surface area contributed by atoms with E-state index < -0.39 is 0 Å². The molecule has 1 fully saturated rings. The molecule has 0 heterocycles. The second-order valence-corrected chi connectivity index (χ2v) is 4.24. The lowest BCUT2D eigenvalue weighted by molar-refractivity contribution is 0.260. The second kappa shape index (κ2) is 4.95. The van der Waals surface area contributed by atoms with Gasteiger partial charge in [-0.15, -0.1) is 12.4 Å². The summed E-state index contributed by atoms with van der Waals surface area (Å²) >= 11 is 0. The van der Waals surface area contributed by atoms with Gasteiger partial charge in [0.2, 0.25) is 0 Å². The van der Waals surface area contributed by atoms with Gasteiger partial charge in [-0.05, 0) is 31.7 Å². The van der Waals surface area contributed by atoms with Crippen molar-refractivity contribution < 1.29 is 4.39 Å². The second-order valence-electron chi connectivity index (χ2n) is 4.24. The highest BCUT2D eigenvalue weighted by Gasteiger charge is 2.27. The number of rotatable bonds is 2. The molecule has 1 aliphatic rings. The van der Waals surface area contributed by atoms with E-state index in [-0.39, 0.29) is 24.3 Å². The van der Waals surface area contributed by atoms with Crippen LogP contribution in [0.5, 0.6) is 0 Å². The maximum Gasteiger partial charge on any atom is 0.127 e. The smallest absolute Gasteiger partial charge is 0.127 e.